The molecule has 2 nitrogen and oxygen atoms in total. The Morgan fingerprint density at radius 2 is 1.42 bits per heavy atom. The van der Waals surface area contributed by atoms with Gasteiger partial charge in [-0.15, -0.1) is 0 Å². The minimum Gasteiger partial charge on any atom is -0.299 e. The molecule has 0 atom stereocenters. The van der Waals surface area contributed by atoms with Crippen molar-refractivity contribution >= 4 is 0 Å². The van der Waals surface area contributed by atoms with Crippen molar-refractivity contribution in [2.75, 3.05) is 13.7 Å². The second-order valence-electron chi connectivity index (χ2n) is 7.10. The fraction of sp³-hybridized carbons (Fsp3) is 0.727. The van der Waals surface area contributed by atoms with Crippen LogP contribution < -0.4 is 0 Å². The third-order valence-electron chi connectivity index (χ3n) is 4.75. The van der Waals surface area contributed by atoms with E-state index in [4.69, 9.17) is 4.84 Å². The van der Waals surface area contributed by atoms with E-state index in [1.807, 2.05) is 12.1 Å². The zero-order valence-electron chi connectivity index (χ0n) is 16.3. The van der Waals surface area contributed by atoms with Crippen LogP contribution in [0, 0.1) is 5.92 Å². The van der Waals surface area contributed by atoms with Gasteiger partial charge in [0.25, 0.3) is 0 Å². The molecule has 0 aliphatic carbocycles. The molecule has 0 aliphatic rings. The third-order valence-corrected chi connectivity index (χ3v) is 4.75. The molecule has 0 unspecified atom stereocenters. The highest BCUT2D eigenvalue weighted by molar-refractivity contribution is 5.13. The normalized spacial score (nSPS) is 11.5. The van der Waals surface area contributed by atoms with Crippen LogP contribution >= 0.6 is 0 Å². The summed E-state index contributed by atoms with van der Waals surface area (Å²) < 4.78 is 0. The number of unbranched alkanes of at least 4 members (excludes halogenated alkanes) is 4. The fourth-order valence-corrected chi connectivity index (χ4v) is 3.28. The van der Waals surface area contributed by atoms with Gasteiger partial charge in [0.1, 0.15) is 0 Å². The Balaban J connectivity index is 2.17. The average molecular weight is 334 g/mol. The monoisotopic (exact) mass is 333 g/mol. The minimum atomic E-state index is 0.849. The summed E-state index contributed by atoms with van der Waals surface area (Å²) in [4.78, 5) is 5.88. The summed E-state index contributed by atoms with van der Waals surface area (Å²) >= 11 is 0. The first kappa shape index (κ1) is 21.2. The van der Waals surface area contributed by atoms with Gasteiger partial charge in [-0.3, -0.25) is 4.84 Å². The van der Waals surface area contributed by atoms with Crippen LogP contribution in [0.3, 0.4) is 0 Å². The van der Waals surface area contributed by atoms with E-state index in [2.05, 4.69) is 44.2 Å². The van der Waals surface area contributed by atoms with Gasteiger partial charge in [0.2, 0.25) is 0 Å². The molecular formula is C22H39NO. The van der Waals surface area contributed by atoms with Gasteiger partial charge < -0.3 is 0 Å². The van der Waals surface area contributed by atoms with Gasteiger partial charge >= 0.3 is 0 Å². The standard InChI is InChI=1S/C22H39NO/c1-4-6-9-14-21(15-10-7-5-2)18-13-19-24-23(3)20-22-16-11-8-12-17-22/h8,11-12,16-17,21H,4-7,9-10,13-15,18-20H2,1-3H3. The Kier molecular flexibility index (Phi) is 12.8. The molecule has 0 amide bonds. The Bertz CT molecular complexity index is 369. The van der Waals surface area contributed by atoms with E-state index in [0.29, 0.717) is 0 Å². The highest BCUT2D eigenvalue weighted by Crippen LogP contribution is 2.22. The lowest BCUT2D eigenvalue weighted by Gasteiger charge is -2.19. The quantitative estimate of drug-likeness (QED) is 0.264. The molecule has 0 saturated heterocycles. The first-order valence-corrected chi connectivity index (χ1v) is 10.1. The third kappa shape index (κ3) is 10.8. The molecule has 0 N–H and O–H groups in total. The van der Waals surface area contributed by atoms with Crippen LogP contribution in [-0.4, -0.2) is 18.7 Å². The van der Waals surface area contributed by atoms with Gasteiger partial charge in [-0.25, -0.2) is 0 Å². The Hall–Kier alpha value is -0.860. The van der Waals surface area contributed by atoms with Crippen molar-refractivity contribution in [3.8, 4) is 0 Å². The van der Waals surface area contributed by atoms with E-state index in [0.717, 1.165) is 19.1 Å². The Morgan fingerprint density at radius 1 is 0.833 bits per heavy atom. The second-order valence-corrected chi connectivity index (χ2v) is 7.10. The Labute approximate surface area is 150 Å². The van der Waals surface area contributed by atoms with Gasteiger partial charge in [-0.1, -0.05) is 95.5 Å². The first-order chi connectivity index (χ1) is 11.8. The summed E-state index contributed by atoms with van der Waals surface area (Å²) in [5, 5.41) is 1.97. The van der Waals surface area contributed by atoms with E-state index in [9.17, 15) is 0 Å². The molecule has 2 heteroatoms. The first-order valence-electron chi connectivity index (χ1n) is 10.1. The van der Waals surface area contributed by atoms with E-state index < -0.39 is 0 Å². The maximum absolute atomic E-state index is 5.88. The molecule has 138 valence electrons. The van der Waals surface area contributed by atoms with Gasteiger partial charge in [0, 0.05) is 13.6 Å². The summed E-state index contributed by atoms with van der Waals surface area (Å²) in [6, 6.07) is 10.5. The topological polar surface area (TPSA) is 12.5 Å². The predicted octanol–water partition coefficient (Wildman–Crippen LogP) is 6.61. The Morgan fingerprint density at radius 3 is 2.00 bits per heavy atom. The maximum Gasteiger partial charge on any atom is 0.0685 e. The van der Waals surface area contributed by atoms with Crippen molar-refractivity contribution in [3.63, 3.8) is 0 Å². The van der Waals surface area contributed by atoms with E-state index in [1.165, 1.54) is 69.8 Å². The number of benzene rings is 1. The molecule has 0 radical (unpaired) electrons. The fourth-order valence-electron chi connectivity index (χ4n) is 3.28. The maximum atomic E-state index is 5.88. The van der Waals surface area contributed by atoms with Crippen LogP contribution in [0.15, 0.2) is 30.3 Å². The summed E-state index contributed by atoms with van der Waals surface area (Å²) in [5.41, 5.74) is 1.30. The summed E-state index contributed by atoms with van der Waals surface area (Å²) in [7, 11) is 2.03. The SMILES string of the molecule is CCCCCC(CCCCC)CCCON(C)Cc1ccccc1. The second kappa shape index (κ2) is 14.5. The average Bonchev–Trinajstić information content (AvgIpc) is 2.59. The van der Waals surface area contributed by atoms with Crippen molar-refractivity contribution in [2.24, 2.45) is 5.92 Å². The van der Waals surface area contributed by atoms with E-state index in [-0.39, 0.29) is 0 Å². The lowest BCUT2D eigenvalue weighted by atomic mass is 9.91. The van der Waals surface area contributed by atoms with Gasteiger partial charge in [0.05, 0.1) is 6.61 Å². The van der Waals surface area contributed by atoms with Crippen LogP contribution in [-0.2, 0) is 11.4 Å². The number of hydrogen-bond donors (Lipinski definition) is 0. The van der Waals surface area contributed by atoms with Crippen LogP contribution in [0.5, 0.6) is 0 Å². The van der Waals surface area contributed by atoms with Crippen LogP contribution in [0.1, 0.15) is 83.6 Å². The van der Waals surface area contributed by atoms with Gasteiger partial charge in [0.15, 0.2) is 0 Å². The molecule has 0 heterocycles. The minimum absolute atomic E-state index is 0.849. The van der Waals surface area contributed by atoms with E-state index >= 15 is 0 Å². The number of hydrogen-bond acceptors (Lipinski definition) is 2. The lowest BCUT2D eigenvalue weighted by molar-refractivity contribution is -0.148. The van der Waals surface area contributed by atoms with Gasteiger partial charge in [-0.2, -0.15) is 5.06 Å². The molecule has 1 aromatic carbocycles. The summed E-state index contributed by atoms with van der Waals surface area (Å²) in [6.07, 6.45) is 13.6. The molecule has 0 bridgehead atoms. The van der Waals surface area contributed by atoms with Crippen molar-refractivity contribution in [1.82, 2.24) is 5.06 Å². The predicted molar refractivity (Wildman–Crippen MR) is 105 cm³/mol. The molecule has 0 saturated carbocycles. The van der Waals surface area contributed by atoms with Gasteiger partial charge in [-0.05, 0) is 24.3 Å². The lowest BCUT2D eigenvalue weighted by Crippen LogP contribution is -2.19. The highest BCUT2D eigenvalue weighted by Gasteiger charge is 2.09. The van der Waals surface area contributed by atoms with E-state index in [1.54, 1.807) is 0 Å². The van der Waals surface area contributed by atoms with Crippen molar-refractivity contribution < 1.29 is 4.84 Å². The molecule has 0 aliphatic heterocycles. The zero-order chi connectivity index (χ0) is 17.5. The van der Waals surface area contributed by atoms with Crippen LogP contribution in [0.4, 0.5) is 0 Å². The molecule has 0 aromatic heterocycles. The molecular weight excluding hydrogens is 294 g/mol. The number of rotatable bonds is 15. The number of nitrogens with zero attached hydrogens (tertiary/aromatic N) is 1. The van der Waals surface area contributed by atoms with Crippen molar-refractivity contribution in [2.45, 2.75) is 84.6 Å². The molecule has 1 rings (SSSR count). The van der Waals surface area contributed by atoms with Crippen molar-refractivity contribution in [3.05, 3.63) is 35.9 Å². The molecule has 0 spiro atoms. The smallest absolute Gasteiger partial charge is 0.0685 e. The largest absolute Gasteiger partial charge is 0.299 e. The molecule has 1 aromatic rings. The molecule has 0 fully saturated rings. The zero-order valence-corrected chi connectivity index (χ0v) is 16.3. The number of hydroxylamine groups is 2. The summed E-state index contributed by atoms with van der Waals surface area (Å²) in [5.74, 6) is 0.908. The van der Waals surface area contributed by atoms with Crippen LogP contribution in [0.2, 0.25) is 0 Å². The van der Waals surface area contributed by atoms with Crippen molar-refractivity contribution in [1.29, 1.82) is 0 Å². The highest BCUT2D eigenvalue weighted by atomic mass is 16.7. The van der Waals surface area contributed by atoms with Crippen LogP contribution in [0.25, 0.3) is 0 Å². The molecule has 24 heavy (non-hydrogen) atoms. The summed E-state index contributed by atoms with van der Waals surface area (Å²) in [6.45, 7) is 6.30.